The van der Waals surface area contributed by atoms with Crippen molar-refractivity contribution in [3.05, 3.63) is 17.5 Å². The zero-order valence-electron chi connectivity index (χ0n) is 7.15. The smallest absolute Gasteiger partial charge is 0.356 e. The molecule has 0 aliphatic carbocycles. The summed E-state index contributed by atoms with van der Waals surface area (Å²) in [7, 11) is 0. The molecule has 0 amide bonds. The topological polar surface area (TPSA) is 91.6 Å². The maximum absolute atomic E-state index is 11.4. The number of aromatic hydroxyl groups is 1. The molecule has 2 heterocycles. The summed E-state index contributed by atoms with van der Waals surface area (Å²) < 4.78 is 1.04. The van der Waals surface area contributed by atoms with Crippen LogP contribution in [0.3, 0.4) is 0 Å². The second kappa shape index (κ2) is 2.85. The molecule has 1 aromatic rings. The first-order valence-electron chi connectivity index (χ1n) is 4.02. The number of carbonyl (C=O) groups excluding carboxylic acids is 1. The molecule has 2 rings (SSSR count). The molecule has 6 heteroatoms. The summed E-state index contributed by atoms with van der Waals surface area (Å²) in [4.78, 5) is 22.1. The van der Waals surface area contributed by atoms with Crippen molar-refractivity contribution in [2.45, 2.75) is 6.54 Å². The van der Waals surface area contributed by atoms with Crippen molar-refractivity contribution >= 4 is 11.9 Å². The van der Waals surface area contributed by atoms with Crippen LogP contribution in [0.5, 0.6) is 5.75 Å². The molecule has 0 aromatic carbocycles. The molecule has 0 atom stereocenters. The first-order chi connectivity index (χ1) is 6.61. The molecule has 0 unspecified atom stereocenters. The van der Waals surface area contributed by atoms with Crippen molar-refractivity contribution in [3.63, 3.8) is 0 Å². The van der Waals surface area contributed by atoms with Crippen molar-refractivity contribution in [2.24, 2.45) is 0 Å². The van der Waals surface area contributed by atoms with E-state index in [-0.39, 0.29) is 23.9 Å². The van der Waals surface area contributed by atoms with Crippen LogP contribution >= 0.6 is 0 Å². The standard InChI is InChI=1S/C8H8N2O4/c11-5-1-4-2-9-3-6(12)10(4)7(5)8(13)14/h1,9,11H,2-3H2,(H,13,14). The van der Waals surface area contributed by atoms with Crippen LogP contribution < -0.4 is 5.32 Å². The van der Waals surface area contributed by atoms with E-state index in [9.17, 15) is 14.7 Å². The minimum Gasteiger partial charge on any atom is -0.505 e. The number of hydrogen-bond donors (Lipinski definition) is 3. The third-order valence-electron chi connectivity index (χ3n) is 2.09. The molecule has 3 N–H and O–H groups in total. The van der Waals surface area contributed by atoms with E-state index >= 15 is 0 Å². The molecular formula is C8H8N2O4. The van der Waals surface area contributed by atoms with E-state index in [4.69, 9.17) is 5.11 Å². The lowest BCUT2D eigenvalue weighted by atomic mass is 10.3. The van der Waals surface area contributed by atoms with Crippen LogP contribution in [0.1, 0.15) is 21.0 Å². The number of nitrogens with zero attached hydrogens (tertiary/aromatic N) is 1. The van der Waals surface area contributed by atoms with Gasteiger partial charge in [0, 0.05) is 18.3 Å². The van der Waals surface area contributed by atoms with Crippen molar-refractivity contribution < 1.29 is 19.8 Å². The Hall–Kier alpha value is -1.82. The number of carbonyl (C=O) groups is 2. The van der Waals surface area contributed by atoms with Crippen LogP contribution in [0, 0.1) is 0 Å². The molecule has 14 heavy (non-hydrogen) atoms. The molecule has 0 saturated heterocycles. The molecule has 6 nitrogen and oxygen atoms in total. The summed E-state index contributed by atoms with van der Waals surface area (Å²) in [6, 6.07) is 1.29. The van der Waals surface area contributed by atoms with Gasteiger partial charge in [0.2, 0.25) is 5.91 Å². The maximum Gasteiger partial charge on any atom is 0.356 e. The maximum atomic E-state index is 11.4. The SMILES string of the molecule is O=C(O)c1c(O)cc2n1C(=O)CNC2. The molecular weight excluding hydrogens is 188 g/mol. The minimum atomic E-state index is -1.30. The molecule has 74 valence electrons. The van der Waals surface area contributed by atoms with Gasteiger partial charge in [0.1, 0.15) is 5.75 Å². The molecule has 0 saturated carbocycles. The highest BCUT2D eigenvalue weighted by Gasteiger charge is 2.26. The monoisotopic (exact) mass is 196 g/mol. The quantitative estimate of drug-likeness (QED) is 0.570. The summed E-state index contributed by atoms with van der Waals surface area (Å²) in [5.74, 6) is -2.04. The van der Waals surface area contributed by atoms with Gasteiger partial charge in [-0.2, -0.15) is 0 Å². The fourth-order valence-corrected chi connectivity index (χ4v) is 1.55. The highest BCUT2D eigenvalue weighted by Crippen LogP contribution is 2.23. The predicted molar refractivity (Wildman–Crippen MR) is 45.4 cm³/mol. The third kappa shape index (κ3) is 1.08. The molecule has 0 spiro atoms. The van der Waals surface area contributed by atoms with Gasteiger partial charge in [-0.15, -0.1) is 0 Å². The van der Waals surface area contributed by atoms with Gasteiger partial charge in [0.25, 0.3) is 0 Å². The van der Waals surface area contributed by atoms with Gasteiger partial charge in [-0.05, 0) is 0 Å². The Balaban J connectivity index is 2.65. The summed E-state index contributed by atoms with van der Waals surface area (Å²) in [6.45, 7) is 0.466. The molecule has 1 aliphatic rings. The lowest BCUT2D eigenvalue weighted by Gasteiger charge is -2.15. The lowest BCUT2D eigenvalue weighted by molar-refractivity contribution is 0.0666. The Bertz CT molecular complexity index is 421. The van der Waals surface area contributed by atoms with Crippen molar-refractivity contribution in [3.8, 4) is 5.75 Å². The highest BCUT2D eigenvalue weighted by molar-refractivity contribution is 5.96. The minimum absolute atomic E-state index is 0.0847. The highest BCUT2D eigenvalue weighted by atomic mass is 16.4. The van der Waals surface area contributed by atoms with Gasteiger partial charge >= 0.3 is 5.97 Å². The Morgan fingerprint density at radius 3 is 2.86 bits per heavy atom. The van der Waals surface area contributed by atoms with Gasteiger partial charge in [0.15, 0.2) is 5.69 Å². The van der Waals surface area contributed by atoms with Gasteiger partial charge < -0.3 is 15.5 Å². The molecule has 1 aliphatic heterocycles. The van der Waals surface area contributed by atoms with Crippen LogP contribution in [0.2, 0.25) is 0 Å². The molecule has 1 aromatic heterocycles. The Kier molecular flexibility index (Phi) is 1.78. The predicted octanol–water partition coefficient (Wildman–Crippen LogP) is -0.365. The van der Waals surface area contributed by atoms with Crippen molar-refractivity contribution in [2.75, 3.05) is 6.54 Å². The number of aromatic nitrogens is 1. The second-order valence-corrected chi connectivity index (χ2v) is 3.01. The number of carboxylic acid groups (broad SMARTS) is 1. The Labute approximate surface area is 78.8 Å². The van der Waals surface area contributed by atoms with Crippen molar-refractivity contribution in [1.29, 1.82) is 0 Å². The van der Waals surface area contributed by atoms with Gasteiger partial charge in [-0.1, -0.05) is 0 Å². The summed E-state index contributed by atoms with van der Waals surface area (Å²) in [6.07, 6.45) is 0. The van der Waals surface area contributed by atoms with Gasteiger partial charge in [-0.25, -0.2) is 4.79 Å². The van der Waals surface area contributed by atoms with E-state index < -0.39 is 5.97 Å². The molecule has 0 fully saturated rings. The number of nitrogens with one attached hydrogen (secondary N) is 1. The van der Waals surface area contributed by atoms with Crippen molar-refractivity contribution in [1.82, 2.24) is 9.88 Å². The first kappa shape index (κ1) is 8.76. The zero-order valence-corrected chi connectivity index (χ0v) is 7.15. The van der Waals surface area contributed by atoms with E-state index in [0.717, 1.165) is 4.57 Å². The van der Waals surface area contributed by atoms with Gasteiger partial charge in [0.05, 0.1) is 6.54 Å². The van der Waals surface area contributed by atoms with Gasteiger partial charge in [-0.3, -0.25) is 9.36 Å². The Morgan fingerprint density at radius 2 is 2.21 bits per heavy atom. The number of carboxylic acids is 1. The van der Waals surface area contributed by atoms with E-state index in [1.807, 2.05) is 0 Å². The van der Waals surface area contributed by atoms with E-state index in [1.165, 1.54) is 6.07 Å². The van der Waals surface area contributed by atoms with Crippen LogP contribution in [-0.4, -0.2) is 33.2 Å². The van der Waals surface area contributed by atoms with E-state index in [0.29, 0.717) is 12.2 Å². The third-order valence-corrected chi connectivity index (χ3v) is 2.09. The summed E-state index contributed by atoms with van der Waals surface area (Å²) in [5, 5.41) is 20.9. The average Bonchev–Trinajstić information content (AvgIpc) is 2.42. The number of rotatable bonds is 1. The number of fused-ring (bicyclic) bond motifs is 1. The second-order valence-electron chi connectivity index (χ2n) is 3.01. The first-order valence-corrected chi connectivity index (χ1v) is 4.02. The van der Waals surface area contributed by atoms with Crippen LogP contribution in [0.4, 0.5) is 0 Å². The Morgan fingerprint density at radius 1 is 1.50 bits per heavy atom. The lowest BCUT2D eigenvalue weighted by Crippen LogP contribution is -2.36. The average molecular weight is 196 g/mol. The largest absolute Gasteiger partial charge is 0.505 e. The number of aromatic carboxylic acids is 1. The molecule has 0 radical (unpaired) electrons. The fraction of sp³-hybridized carbons (Fsp3) is 0.250. The van der Waals surface area contributed by atoms with E-state index in [2.05, 4.69) is 5.32 Å². The number of hydrogen-bond acceptors (Lipinski definition) is 4. The van der Waals surface area contributed by atoms with Crippen LogP contribution in [0.15, 0.2) is 6.07 Å². The molecule has 0 bridgehead atoms. The van der Waals surface area contributed by atoms with Crippen LogP contribution in [0.25, 0.3) is 0 Å². The zero-order chi connectivity index (χ0) is 10.3. The van der Waals surface area contributed by atoms with E-state index in [1.54, 1.807) is 0 Å². The van der Waals surface area contributed by atoms with Crippen LogP contribution in [-0.2, 0) is 6.54 Å². The normalized spacial score (nSPS) is 15.3. The summed E-state index contributed by atoms with van der Waals surface area (Å²) >= 11 is 0. The fourth-order valence-electron chi connectivity index (χ4n) is 1.55. The summed E-state index contributed by atoms with van der Waals surface area (Å²) in [5.41, 5.74) is 0.114.